The van der Waals surface area contributed by atoms with Gasteiger partial charge in [-0.2, -0.15) is 0 Å². The summed E-state index contributed by atoms with van der Waals surface area (Å²) >= 11 is 0. The van der Waals surface area contributed by atoms with E-state index in [2.05, 4.69) is 10.3 Å². The van der Waals surface area contributed by atoms with Gasteiger partial charge in [-0.05, 0) is 32.0 Å². The molecule has 0 radical (unpaired) electrons. The van der Waals surface area contributed by atoms with Crippen LogP contribution in [0, 0.1) is 5.92 Å². The third kappa shape index (κ3) is 3.62. The van der Waals surface area contributed by atoms with Gasteiger partial charge in [-0.1, -0.05) is 13.0 Å². The molecule has 0 bridgehead atoms. The van der Waals surface area contributed by atoms with E-state index < -0.39 is 0 Å². The molecule has 2 atom stereocenters. The third-order valence-electron chi connectivity index (χ3n) is 2.54. The highest BCUT2D eigenvalue weighted by Gasteiger charge is 2.15. The van der Waals surface area contributed by atoms with Crippen molar-refractivity contribution < 1.29 is 4.79 Å². The number of aromatic nitrogens is 1. The number of hydrogen-bond acceptors (Lipinski definition) is 3. The molecule has 0 aliphatic rings. The number of nitrogens with one attached hydrogen (secondary N) is 1. The summed E-state index contributed by atoms with van der Waals surface area (Å²) in [5.74, 6) is -0.0141. The van der Waals surface area contributed by atoms with E-state index in [1.807, 2.05) is 32.0 Å². The molecule has 1 aromatic heterocycles. The van der Waals surface area contributed by atoms with E-state index in [0.717, 1.165) is 5.69 Å². The first-order chi connectivity index (χ1) is 7.65. The molecule has 1 aromatic rings. The van der Waals surface area contributed by atoms with E-state index >= 15 is 0 Å². The van der Waals surface area contributed by atoms with Crippen LogP contribution in [0.15, 0.2) is 24.4 Å². The van der Waals surface area contributed by atoms with Crippen LogP contribution in [-0.4, -0.2) is 17.4 Å². The van der Waals surface area contributed by atoms with Crippen LogP contribution in [0.3, 0.4) is 0 Å². The molecule has 0 saturated heterocycles. The summed E-state index contributed by atoms with van der Waals surface area (Å²) in [6.07, 6.45) is 2.43. The smallest absolute Gasteiger partial charge is 0.223 e. The molecular weight excluding hydrogens is 202 g/mol. The van der Waals surface area contributed by atoms with Gasteiger partial charge in [0.1, 0.15) is 0 Å². The second-order valence-electron chi connectivity index (χ2n) is 3.96. The largest absolute Gasteiger partial charge is 0.348 e. The number of pyridine rings is 1. The standard InChI is InChI=1S/C12H19N3O/c1-9(6-7-13)12(16)15-10(2)11-5-3-4-8-14-11/h3-5,8-10H,6-7,13H2,1-2H3,(H,15,16)/t9?,10-/m1/s1. The van der Waals surface area contributed by atoms with Crippen molar-refractivity contribution in [3.8, 4) is 0 Å². The fourth-order valence-corrected chi connectivity index (χ4v) is 1.44. The van der Waals surface area contributed by atoms with Gasteiger partial charge >= 0.3 is 0 Å². The van der Waals surface area contributed by atoms with Crippen molar-refractivity contribution in [1.29, 1.82) is 0 Å². The first-order valence-electron chi connectivity index (χ1n) is 5.56. The molecule has 0 aromatic carbocycles. The molecule has 1 amide bonds. The van der Waals surface area contributed by atoms with Crippen molar-refractivity contribution in [3.63, 3.8) is 0 Å². The minimum absolute atomic E-state index is 0.0311. The Morgan fingerprint density at radius 1 is 1.50 bits per heavy atom. The van der Waals surface area contributed by atoms with Crippen molar-refractivity contribution in [2.75, 3.05) is 6.54 Å². The second kappa shape index (κ2) is 6.23. The van der Waals surface area contributed by atoms with E-state index in [1.165, 1.54) is 0 Å². The van der Waals surface area contributed by atoms with E-state index in [0.29, 0.717) is 13.0 Å². The van der Waals surface area contributed by atoms with E-state index in [4.69, 9.17) is 5.73 Å². The van der Waals surface area contributed by atoms with Crippen molar-refractivity contribution in [3.05, 3.63) is 30.1 Å². The number of carbonyl (C=O) groups is 1. The number of carbonyl (C=O) groups excluding carboxylic acids is 1. The topological polar surface area (TPSA) is 68.0 Å². The number of hydrogen-bond donors (Lipinski definition) is 2. The number of nitrogens with zero attached hydrogens (tertiary/aromatic N) is 1. The molecule has 4 heteroatoms. The Hall–Kier alpha value is -1.42. The Morgan fingerprint density at radius 3 is 2.81 bits per heavy atom. The van der Waals surface area contributed by atoms with Crippen LogP contribution in [-0.2, 0) is 4.79 Å². The molecule has 0 fully saturated rings. The zero-order chi connectivity index (χ0) is 12.0. The van der Waals surface area contributed by atoms with E-state index in [9.17, 15) is 4.79 Å². The van der Waals surface area contributed by atoms with Crippen LogP contribution < -0.4 is 11.1 Å². The predicted octanol–water partition coefficient (Wildman–Crippen LogP) is 1.24. The lowest BCUT2D eigenvalue weighted by Crippen LogP contribution is -2.32. The molecule has 1 rings (SSSR count). The van der Waals surface area contributed by atoms with Crippen LogP contribution in [0.5, 0.6) is 0 Å². The van der Waals surface area contributed by atoms with Crippen molar-refractivity contribution in [2.45, 2.75) is 26.3 Å². The summed E-state index contributed by atoms with van der Waals surface area (Å²) in [4.78, 5) is 15.9. The highest BCUT2D eigenvalue weighted by Crippen LogP contribution is 2.10. The van der Waals surface area contributed by atoms with Crippen LogP contribution in [0.4, 0.5) is 0 Å². The predicted molar refractivity (Wildman–Crippen MR) is 63.6 cm³/mol. The first-order valence-corrected chi connectivity index (χ1v) is 5.56. The van der Waals surface area contributed by atoms with Gasteiger partial charge in [0.15, 0.2) is 0 Å². The summed E-state index contributed by atoms with van der Waals surface area (Å²) in [6, 6.07) is 5.61. The molecule has 1 unspecified atom stereocenters. The first kappa shape index (κ1) is 12.6. The SMILES string of the molecule is CC(CCN)C(=O)N[C@H](C)c1ccccn1. The van der Waals surface area contributed by atoms with Gasteiger partial charge in [-0.25, -0.2) is 0 Å². The number of nitrogens with two attached hydrogens (primary N) is 1. The molecule has 16 heavy (non-hydrogen) atoms. The maximum absolute atomic E-state index is 11.7. The zero-order valence-electron chi connectivity index (χ0n) is 9.81. The van der Waals surface area contributed by atoms with Crippen LogP contribution >= 0.6 is 0 Å². The monoisotopic (exact) mass is 221 g/mol. The van der Waals surface area contributed by atoms with Crippen molar-refractivity contribution >= 4 is 5.91 Å². The third-order valence-corrected chi connectivity index (χ3v) is 2.54. The molecule has 0 spiro atoms. The number of rotatable bonds is 5. The summed E-state index contributed by atoms with van der Waals surface area (Å²) in [5, 5.41) is 2.92. The molecule has 88 valence electrons. The summed E-state index contributed by atoms with van der Waals surface area (Å²) in [7, 11) is 0. The Kier molecular flexibility index (Phi) is 4.92. The van der Waals surface area contributed by atoms with Crippen LogP contribution in [0.1, 0.15) is 32.0 Å². The molecule has 0 saturated carbocycles. The average molecular weight is 221 g/mol. The molecule has 0 aliphatic carbocycles. The van der Waals surface area contributed by atoms with Gasteiger partial charge < -0.3 is 11.1 Å². The summed E-state index contributed by atoms with van der Waals surface area (Å²) < 4.78 is 0. The molecular formula is C12H19N3O. The lowest BCUT2D eigenvalue weighted by atomic mass is 10.1. The maximum Gasteiger partial charge on any atom is 0.223 e. The fraction of sp³-hybridized carbons (Fsp3) is 0.500. The molecule has 4 nitrogen and oxygen atoms in total. The molecule has 3 N–H and O–H groups in total. The maximum atomic E-state index is 11.7. The minimum Gasteiger partial charge on any atom is -0.348 e. The molecule has 0 aliphatic heterocycles. The number of amides is 1. The van der Waals surface area contributed by atoms with Gasteiger partial charge in [0.25, 0.3) is 0 Å². The Morgan fingerprint density at radius 2 is 2.25 bits per heavy atom. The van der Waals surface area contributed by atoms with Gasteiger partial charge in [-0.15, -0.1) is 0 Å². The minimum atomic E-state index is -0.0612. The lowest BCUT2D eigenvalue weighted by Gasteiger charge is -2.16. The Balaban J connectivity index is 2.51. The molecule has 1 heterocycles. The summed E-state index contributed by atoms with van der Waals surface area (Å²) in [5.41, 5.74) is 6.29. The van der Waals surface area contributed by atoms with Crippen molar-refractivity contribution in [2.24, 2.45) is 11.7 Å². The highest BCUT2D eigenvalue weighted by atomic mass is 16.1. The van der Waals surface area contributed by atoms with Gasteiger partial charge in [0.2, 0.25) is 5.91 Å². The summed E-state index contributed by atoms with van der Waals surface area (Å²) in [6.45, 7) is 4.34. The van der Waals surface area contributed by atoms with Gasteiger partial charge in [0.05, 0.1) is 11.7 Å². The Labute approximate surface area is 96.3 Å². The zero-order valence-corrected chi connectivity index (χ0v) is 9.81. The average Bonchev–Trinajstić information content (AvgIpc) is 2.30. The van der Waals surface area contributed by atoms with Crippen LogP contribution in [0.25, 0.3) is 0 Å². The van der Waals surface area contributed by atoms with Gasteiger partial charge in [0, 0.05) is 12.1 Å². The highest BCUT2D eigenvalue weighted by molar-refractivity contribution is 5.78. The quantitative estimate of drug-likeness (QED) is 0.786. The normalized spacial score (nSPS) is 14.2. The fourth-order valence-electron chi connectivity index (χ4n) is 1.44. The van der Waals surface area contributed by atoms with Gasteiger partial charge in [-0.3, -0.25) is 9.78 Å². The van der Waals surface area contributed by atoms with Crippen molar-refractivity contribution in [1.82, 2.24) is 10.3 Å². The lowest BCUT2D eigenvalue weighted by molar-refractivity contribution is -0.125. The van der Waals surface area contributed by atoms with Crippen LogP contribution in [0.2, 0.25) is 0 Å². The second-order valence-corrected chi connectivity index (χ2v) is 3.96. The Bertz CT molecular complexity index is 326. The van der Waals surface area contributed by atoms with E-state index in [-0.39, 0.29) is 17.9 Å². The van der Waals surface area contributed by atoms with E-state index in [1.54, 1.807) is 6.20 Å².